The second-order valence-corrected chi connectivity index (χ2v) is 5.30. The molecule has 0 radical (unpaired) electrons. The zero-order valence-electron chi connectivity index (χ0n) is 9.85. The molecule has 1 aliphatic heterocycles. The number of aromatic nitrogens is 1. The minimum atomic E-state index is 0.344. The Balaban J connectivity index is 1.84. The monoisotopic (exact) mass is 241 g/mol. The first kappa shape index (κ1) is 11.8. The summed E-state index contributed by atoms with van der Waals surface area (Å²) in [6, 6.07) is 0.507. The Hall–Kier alpha value is -0.650. The van der Waals surface area contributed by atoms with Gasteiger partial charge >= 0.3 is 0 Å². The third-order valence-corrected chi connectivity index (χ3v) is 3.68. The number of anilines is 1. The molecular weight excluding hydrogens is 222 g/mol. The molecule has 0 aliphatic carbocycles. The van der Waals surface area contributed by atoms with E-state index in [0.29, 0.717) is 17.3 Å². The largest absolute Gasteiger partial charge is 0.376 e. The van der Waals surface area contributed by atoms with Crippen molar-refractivity contribution < 1.29 is 4.74 Å². The van der Waals surface area contributed by atoms with Gasteiger partial charge in [0.1, 0.15) is 0 Å². The SMILES string of the molecule is CC1CN(CCc2csc(N)n2)C(C)CO1. The fourth-order valence-electron chi connectivity index (χ4n) is 1.98. The number of ether oxygens (including phenoxy) is 1. The predicted molar refractivity (Wildman–Crippen MR) is 66.7 cm³/mol. The molecule has 2 atom stereocenters. The topological polar surface area (TPSA) is 51.4 Å². The van der Waals surface area contributed by atoms with Gasteiger partial charge in [0.05, 0.1) is 18.4 Å². The van der Waals surface area contributed by atoms with Gasteiger partial charge in [-0.1, -0.05) is 0 Å². The molecule has 0 aromatic carbocycles. The number of morpholine rings is 1. The van der Waals surface area contributed by atoms with E-state index in [1.807, 2.05) is 5.38 Å². The normalized spacial score (nSPS) is 27.1. The van der Waals surface area contributed by atoms with Crippen LogP contribution in [0.2, 0.25) is 0 Å². The lowest BCUT2D eigenvalue weighted by Gasteiger charge is -2.36. The van der Waals surface area contributed by atoms with Gasteiger partial charge in [-0.05, 0) is 13.8 Å². The van der Waals surface area contributed by atoms with Gasteiger partial charge in [-0.15, -0.1) is 11.3 Å². The van der Waals surface area contributed by atoms with Crippen LogP contribution in [0.3, 0.4) is 0 Å². The summed E-state index contributed by atoms with van der Waals surface area (Å²) in [5.41, 5.74) is 6.72. The van der Waals surface area contributed by atoms with Crippen molar-refractivity contribution in [3.8, 4) is 0 Å². The molecule has 1 saturated heterocycles. The lowest BCUT2D eigenvalue weighted by molar-refractivity contribution is -0.0488. The van der Waals surface area contributed by atoms with E-state index in [2.05, 4.69) is 23.7 Å². The Morgan fingerprint density at radius 3 is 3.12 bits per heavy atom. The molecule has 2 N–H and O–H groups in total. The first-order valence-corrected chi connectivity index (χ1v) is 6.58. The Morgan fingerprint density at radius 1 is 1.62 bits per heavy atom. The maximum Gasteiger partial charge on any atom is 0.180 e. The number of nitrogens with two attached hydrogens (primary N) is 1. The predicted octanol–water partition coefficient (Wildman–Crippen LogP) is 1.38. The third-order valence-electron chi connectivity index (χ3n) is 2.96. The molecule has 5 heteroatoms. The summed E-state index contributed by atoms with van der Waals surface area (Å²) in [5, 5.41) is 2.71. The van der Waals surface area contributed by atoms with Crippen LogP contribution in [0.15, 0.2) is 5.38 Å². The van der Waals surface area contributed by atoms with Crippen LogP contribution in [0, 0.1) is 0 Å². The molecule has 0 saturated carbocycles. The van der Waals surface area contributed by atoms with Crippen molar-refractivity contribution in [1.82, 2.24) is 9.88 Å². The fourth-order valence-corrected chi connectivity index (χ4v) is 2.58. The Kier molecular flexibility index (Phi) is 3.78. The lowest BCUT2D eigenvalue weighted by atomic mass is 10.2. The molecule has 0 amide bonds. The summed E-state index contributed by atoms with van der Waals surface area (Å²) in [6.07, 6.45) is 1.32. The van der Waals surface area contributed by atoms with Crippen LogP contribution in [0.4, 0.5) is 5.13 Å². The molecule has 16 heavy (non-hydrogen) atoms. The van der Waals surface area contributed by atoms with Crippen LogP contribution in [-0.4, -0.2) is 41.7 Å². The number of nitrogen functional groups attached to an aromatic ring is 1. The molecule has 0 spiro atoms. The molecule has 2 rings (SSSR count). The minimum absolute atomic E-state index is 0.344. The van der Waals surface area contributed by atoms with Crippen molar-refractivity contribution >= 4 is 16.5 Å². The van der Waals surface area contributed by atoms with Gasteiger partial charge in [0.25, 0.3) is 0 Å². The van der Waals surface area contributed by atoms with Crippen molar-refractivity contribution in [1.29, 1.82) is 0 Å². The summed E-state index contributed by atoms with van der Waals surface area (Å²) in [4.78, 5) is 6.74. The van der Waals surface area contributed by atoms with E-state index < -0.39 is 0 Å². The Morgan fingerprint density at radius 2 is 2.44 bits per heavy atom. The van der Waals surface area contributed by atoms with Crippen LogP contribution < -0.4 is 5.73 Å². The van der Waals surface area contributed by atoms with Gasteiger partial charge in [-0.2, -0.15) is 0 Å². The van der Waals surface area contributed by atoms with Gasteiger partial charge in [-0.3, -0.25) is 4.90 Å². The summed E-state index contributed by atoms with van der Waals surface area (Å²) in [6.45, 7) is 7.22. The van der Waals surface area contributed by atoms with Gasteiger partial charge in [0.2, 0.25) is 0 Å². The quantitative estimate of drug-likeness (QED) is 0.868. The molecule has 1 fully saturated rings. The second-order valence-electron chi connectivity index (χ2n) is 4.41. The molecule has 90 valence electrons. The first-order valence-electron chi connectivity index (χ1n) is 5.70. The van der Waals surface area contributed by atoms with E-state index in [1.54, 1.807) is 0 Å². The Labute approximate surface area is 100 Å². The van der Waals surface area contributed by atoms with E-state index in [0.717, 1.165) is 31.8 Å². The van der Waals surface area contributed by atoms with Gasteiger partial charge in [-0.25, -0.2) is 4.98 Å². The molecule has 1 aromatic rings. The van der Waals surface area contributed by atoms with Crippen LogP contribution in [0.5, 0.6) is 0 Å². The number of nitrogens with zero attached hydrogens (tertiary/aromatic N) is 2. The van der Waals surface area contributed by atoms with E-state index in [-0.39, 0.29) is 0 Å². The van der Waals surface area contributed by atoms with Crippen molar-refractivity contribution in [3.63, 3.8) is 0 Å². The van der Waals surface area contributed by atoms with Crippen molar-refractivity contribution in [3.05, 3.63) is 11.1 Å². The highest BCUT2D eigenvalue weighted by Gasteiger charge is 2.22. The maximum atomic E-state index is 5.61. The van der Waals surface area contributed by atoms with Crippen molar-refractivity contribution in [2.24, 2.45) is 0 Å². The average Bonchev–Trinajstić information content (AvgIpc) is 2.66. The first-order chi connectivity index (χ1) is 7.65. The van der Waals surface area contributed by atoms with Crippen molar-refractivity contribution in [2.45, 2.75) is 32.4 Å². The Bertz CT molecular complexity index is 342. The zero-order valence-corrected chi connectivity index (χ0v) is 10.7. The summed E-state index contributed by atoms with van der Waals surface area (Å²) in [7, 11) is 0. The van der Waals surface area contributed by atoms with Crippen LogP contribution in [0.1, 0.15) is 19.5 Å². The van der Waals surface area contributed by atoms with Crippen molar-refractivity contribution in [2.75, 3.05) is 25.4 Å². The molecule has 2 heterocycles. The maximum absolute atomic E-state index is 5.61. The average molecular weight is 241 g/mol. The van der Waals surface area contributed by atoms with Crippen LogP contribution in [-0.2, 0) is 11.2 Å². The minimum Gasteiger partial charge on any atom is -0.376 e. The summed E-state index contributed by atoms with van der Waals surface area (Å²) >= 11 is 1.52. The number of thiazole rings is 1. The van der Waals surface area contributed by atoms with E-state index >= 15 is 0 Å². The second kappa shape index (κ2) is 5.12. The molecule has 1 aliphatic rings. The van der Waals surface area contributed by atoms with Gasteiger partial charge in [0, 0.05) is 30.9 Å². The molecule has 0 bridgehead atoms. The number of hydrogen-bond acceptors (Lipinski definition) is 5. The zero-order chi connectivity index (χ0) is 11.5. The number of rotatable bonds is 3. The lowest BCUT2D eigenvalue weighted by Crippen LogP contribution is -2.47. The molecule has 4 nitrogen and oxygen atoms in total. The molecular formula is C11H19N3OS. The fraction of sp³-hybridized carbons (Fsp3) is 0.727. The van der Waals surface area contributed by atoms with Crippen LogP contribution >= 0.6 is 11.3 Å². The smallest absolute Gasteiger partial charge is 0.180 e. The summed E-state index contributed by atoms with van der Waals surface area (Å²) < 4.78 is 5.60. The number of hydrogen-bond donors (Lipinski definition) is 1. The van der Waals surface area contributed by atoms with Crippen LogP contribution in [0.25, 0.3) is 0 Å². The van der Waals surface area contributed by atoms with E-state index in [1.165, 1.54) is 11.3 Å². The molecule has 2 unspecified atom stereocenters. The third kappa shape index (κ3) is 2.93. The van der Waals surface area contributed by atoms with Gasteiger partial charge in [0.15, 0.2) is 5.13 Å². The highest BCUT2D eigenvalue weighted by molar-refractivity contribution is 7.13. The highest BCUT2D eigenvalue weighted by Crippen LogP contribution is 2.15. The summed E-state index contributed by atoms with van der Waals surface area (Å²) in [5.74, 6) is 0. The highest BCUT2D eigenvalue weighted by atomic mass is 32.1. The molecule has 1 aromatic heterocycles. The van der Waals surface area contributed by atoms with E-state index in [4.69, 9.17) is 10.5 Å². The van der Waals surface area contributed by atoms with E-state index in [9.17, 15) is 0 Å². The standard InChI is InChI=1S/C11H19N3OS/c1-8-6-15-9(2)5-14(8)4-3-10-7-16-11(12)13-10/h7-9H,3-6H2,1-2H3,(H2,12,13). The van der Waals surface area contributed by atoms with Gasteiger partial charge < -0.3 is 10.5 Å².